The molecule has 1 aromatic heterocycles. The van der Waals surface area contributed by atoms with Crippen molar-refractivity contribution in [1.29, 1.82) is 0 Å². The van der Waals surface area contributed by atoms with E-state index < -0.39 is 0 Å². The normalized spacial score (nSPS) is 17.7. The molecule has 0 atom stereocenters. The highest BCUT2D eigenvalue weighted by atomic mass is 16.3. The van der Waals surface area contributed by atoms with Crippen LogP contribution in [0.5, 0.6) is 0 Å². The van der Waals surface area contributed by atoms with E-state index >= 15 is 0 Å². The fraction of sp³-hybridized carbons (Fsp3) is 0.444. The van der Waals surface area contributed by atoms with Gasteiger partial charge in [-0.25, -0.2) is 0 Å². The second-order valence-electron chi connectivity index (χ2n) is 5.90. The average Bonchev–Trinajstić information content (AvgIpc) is 2.75. The van der Waals surface area contributed by atoms with Gasteiger partial charge in [0.2, 0.25) is 0 Å². The van der Waals surface area contributed by atoms with Gasteiger partial charge in [0.25, 0.3) is 0 Å². The van der Waals surface area contributed by atoms with Crippen LogP contribution in [0.4, 0.5) is 0 Å². The summed E-state index contributed by atoms with van der Waals surface area (Å²) >= 11 is 0. The Morgan fingerprint density at radius 2 is 2.05 bits per heavy atom. The second kappa shape index (κ2) is 5.45. The molecule has 1 aromatic carbocycles. The molecule has 2 nitrogen and oxygen atoms in total. The van der Waals surface area contributed by atoms with E-state index in [2.05, 4.69) is 36.6 Å². The number of hydrogen-bond acceptors (Lipinski definition) is 2. The number of aryl methyl sites for hydroxylation is 2. The number of likely N-dealkylation sites (tertiary alicyclic amines) is 1. The second-order valence-corrected chi connectivity index (χ2v) is 5.90. The van der Waals surface area contributed by atoms with E-state index in [0.29, 0.717) is 5.92 Å². The maximum absolute atomic E-state index is 5.77. The first-order chi connectivity index (χ1) is 9.69. The summed E-state index contributed by atoms with van der Waals surface area (Å²) in [7, 11) is 0. The molecule has 0 bridgehead atoms. The predicted octanol–water partition coefficient (Wildman–Crippen LogP) is 4.42. The molecule has 0 N–H and O–H groups in total. The Balaban J connectivity index is 1.81. The molecule has 1 saturated heterocycles. The molecule has 0 radical (unpaired) electrons. The molecule has 2 heteroatoms. The molecule has 0 amide bonds. The predicted molar refractivity (Wildman–Crippen MR) is 84.3 cm³/mol. The van der Waals surface area contributed by atoms with E-state index in [0.717, 1.165) is 17.9 Å². The van der Waals surface area contributed by atoms with E-state index in [-0.39, 0.29) is 0 Å². The third-order valence-corrected chi connectivity index (χ3v) is 4.65. The number of furan rings is 1. The highest BCUT2D eigenvalue weighted by Gasteiger charge is 2.20. The topological polar surface area (TPSA) is 16.4 Å². The lowest BCUT2D eigenvalue weighted by Crippen LogP contribution is -2.32. The van der Waals surface area contributed by atoms with Crippen molar-refractivity contribution >= 4 is 11.0 Å². The van der Waals surface area contributed by atoms with Gasteiger partial charge in [0.1, 0.15) is 11.3 Å². The van der Waals surface area contributed by atoms with Gasteiger partial charge in [-0.1, -0.05) is 12.1 Å². The zero-order valence-corrected chi connectivity index (χ0v) is 12.5. The van der Waals surface area contributed by atoms with Crippen molar-refractivity contribution in [1.82, 2.24) is 4.90 Å². The molecule has 1 fully saturated rings. The lowest BCUT2D eigenvalue weighted by molar-refractivity contribution is 0.233. The van der Waals surface area contributed by atoms with Gasteiger partial charge in [-0.05, 0) is 69.0 Å². The fourth-order valence-corrected chi connectivity index (χ4v) is 3.25. The van der Waals surface area contributed by atoms with Crippen LogP contribution >= 0.6 is 0 Å². The largest absolute Gasteiger partial charge is 0.461 e. The van der Waals surface area contributed by atoms with Gasteiger partial charge in [-0.15, -0.1) is 6.58 Å². The Bertz CT molecular complexity index is 618. The molecule has 1 aliphatic heterocycles. The molecule has 2 heterocycles. The summed E-state index contributed by atoms with van der Waals surface area (Å²) < 4.78 is 5.77. The first-order valence-corrected chi connectivity index (χ1v) is 7.52. The summed E-state index contributed by atoms with van der Waals surface area (Å²) in [6.45, 7) is 11.4. The molecule has 106 valence electrons. The monoisotopic (exact) mass is 269 g/mol. The quantitative estimate of drug-likeness (QED) is 0.767. The van der Waals surface area contributed by atoms with E-state index in [9.17, 15) is 0 Å². The van der Waals surface area contributed by atoms with E-state index in [1.54, 1.807) is 0 Å². The third-order valence-electron chi connectivity index (χ3n) is 4.65. The smallest absolute Gasteiger partial charge is 0.134 e. The van der Waals surface area contributed by atoms with Crippen LogP contribution in [0.25, 0.3) is 11.0 Å². The van der Waals surface area contributed by atoms with Crippen LogP contribution in [-0.4, -0.2) is 24.5 Å². The first kappa shape index (κ1) is 13.4. The molecule has 3 rings (SSSR count). The van der Waals surface area contributed by atoms with Gasteiger partial charge >= 0.3 is 0 Å². The minimum atomic E-state index is 0.690. The fourth-order valence-electron chi connectivity index (χ4n) is 3.25. The molecule has 0 spiro atoms. The number of hydrogen-bond donors (Lipinski definition) is 0. The van der Waals surface area contributed by atoms with Gasteiger partial charge in [-0.3, -0.25) is 4.90 Å². The summed E-state index contributed by atoms with van der Waals surface area (Å²) in [5, 5.41) is 1.29. The Hall–Kier alpha value is -1.54. The van der Waals surface area contributed by atoms with Crippen molar-refractivity contribution in [3.63, 3.8) is 0 Å². The zero-order chi connectivity index (χ0) is 14.1. The lowest BCUT2D eigenvalue weighted by atomic mass is 9.88. The molecule has 0 saturated carbocycles. The van der Waals surface area contributed by atoms with E-state index in [1.165, 1.54) is 42.4 Å². The molecular formula is C18H23NO. The van der Waals surface area contributed by atoms with Crippen molar-refractivity contribution in [2.24, 2.45) is 0 Å². The molecule has 0 unspecified atom stereocenters. The van der Waals surface area contributed by atoms with Crippen LogP contribution in [0.2, 0.25) is 0 Å². The van der Waals surface area contributed by atoms with Crippen LogP contribution in [0, 0.1) is 13.8 Å². The number of rotatable bonds is 3. The van der Waals surface area contributed by atoms with Gasteiger partial charge < -0.3 is 4.42 Å². The summed E-state index contributed by atoms with van der Waals surface area (Å²) in [6, 6.07) is 6.73. The van der Waals surface area contributed by atoms with E-state index in [1.807, 2.05) is 13.0 Å². The SMILES string of the molecule is C=CCN1CCC(c2ccc3oc(C)c(C)c3c2)CC1. The number of nitrogens with zero attached hydrogens (tertiary/aromatic N) is 1. The molecule has 2 aromatic rings. The summed E-state index contributed by atoms with van der Waals surface area (Å²) in [4.78, 5) is 2.48. The summed E-state index contributed by atoms with van der Waals surface area (Å²) in [5.74, 6) is 1.73. The Morgan fingerprint density at radius 1 is 1.30 bits per heavy atom. The van der Waals surface area contributed by atoms with Crippen molar-refractivity contribution in [3.05, 3.63) is 47.7 Å². The third kappa shape index (κ3) is 2.40. The Morgan fingerprint density at radius 3 is 2.75 bits per heavy atom. The van der Waals surface area contributed by atoms with Gasteiger partial charge in [0.15, 0.2) is 0 Å². The average molecular weight is 269 g/mol. The maximum Gasteiger partial charge on any atom is 0.134 e. The van der Waals surface area contributed by atoms with Crippen molar-refractivity contribution in [2.45, 2.75) is 32.6 Å². The van der Waals surface area contributed by atoms with Crippen LogP contribution in [0.15, 0.2) is 35.3 Å². The van der Waals surface area contributed by atoms with Crippen molar-refractivity contribution < 1.29 is 4.42 Å². The van der Waals surface area contributed by atoms with Gasteiger partial charge in [0.05, 0.1) is 0 Å². The highest BCUT2D eigenvalue weighted by Crippen LogP contribution is 2.32. The minimum absolute atomic E-state index is 0.690. The Kier molecular flexibility index (Phi) is 3.66. The summed E-state index contributed by atoms with van der Waals surface area (Å²) in [6.07, 6.45) is 4.49. The van der Waals surface area contributed by atoms with Crippen LogP contribution in [0.1, 0.15) is 35.6 Å². The first-order valence-electron chi connectivity index (χ1n) is 7.52. The standard InChI is InChI=1S/C18H23NO/c1-4-9-19-10-7-15(8-11-19)16-5-6-18-17(12-16)13(2)14(3)20-18/h4-6,12,15H,1,7-11H2,2-3H3. The maximum atomic E-state index is 5.77. The Labute approximate surface area is 121 Å². The summed E-state index contributed by atoms with van der Waals surface area (Å²) in [5.41, 5.74) is 3.78. The number of piperidine rings is 1. The molecule has 0 aliphatic carbocycles. The number of benzene rings is 1. The van der Waals surface area contributed by atoms with Crippen LogP contribution < -0.4 is 0 Å². The molecular weight excluding hydrogens is 246 g/mol. The molecule has 1 aliphatic rings. The zero-order valence-electron chi connectivity index (χ0n) is 12.5. The number of fused-ring (bicyclic) bond motifs is 1. The van der Waals surface area contributed by atoms with Crippen molar-refractivity contribution in [2.75, 3.05) is 19.6 Å². The molecule has 20 heavy (non-hydrogen) atoms. The van der Waals surface area contributed by atoms with Crippen LogP contribution in [-0.2, 0) is 0 Å². The minimum Gasteiger partial charge on any atom is -0.461 e. The lowest BCUT2D eigenvalue weighted by Gasteiger charge is -2.31. The highest BCUT2D eigenvalue weighted by molar-refractivity contribution is 5.82. The van der Waals surface area contributed by atoms with Crippen LogP contribution in [0.3, 0.4) is 0 Å². The van der Waals surface area contributed by atoms with Gasteiger partial charge in [0, 0.05) is 11.9 Å². The van der Waals surface area contributed by atoms with Gasteiger partial charge in [-0.2, -0.15) is 0 Å². The van der Waals surface area contributed by atoms with E-state index in [4.69, 9.17) is 4.42 Å². The van der Waals surface area contributed by atoms with Crippen molar-refractivity contribution in [3.8, 4) is 0 Å².